The summed E-state index contributed by atoms with van der Waals surface area (Å²) in [6, 6.07) is 25.8. The van der Waals surface area contributed by atoms with Crippen LogP contribution in [0.4, 0.5) is 0 Å². The number of rotatable bonds is 8. The Morgan fingerprint density at radius 1 is 0.429 bits per heavy atom. The van der Waals surface area contributed by atoms with Gasteiger partial charge in [0.25, 0.3) is 0 Å². The van der Waals surface area contributed by atoms with E-state index in [1.54, 1.807) is 0 Å². The number of pyridine rings is 2. The van der Waals surface area contributed by atoms with Gasteiger partial charge in [-0.3, -0.25) is 9.97 Å². The van der Waals surface area contributed by atoms with Gasteiger partial charge < -0.3 is 29.7 Å². The Morgan fingerprint density at radius 2 is 0.839 bits per heavy atom. The van der Waals surface area contributed by atoms with Crippen molar-refractivity contribution in [3.8, 4) is 0 Å². The molecule has 4 radical (unpaired) electrons. The third kappa shape index (κ3) is 43.3. The van der Waals surface area contributed by atoms with Crippen molar-refractivity contribution in [1.82, 2.24) is 9.97 Å². The number of aryl methyl sites for hydroxylation is 2. The topological polar surface area (TPSA) is 25.8 Å². The van der Waals surface area contributed by atoms with Crippen LogP contribution in [0.2, 0.25) is 0 Å². The Kier molecular flexibility index (Phi) is 78.4. The molecule has 0 spiro atoms. The summed E-state index contributed by atoms with van der Waals surface area (Å²) in [5, 5.41) is 0. The van der Waals surface area contributed by atoms with Crippen LogP contribution < -0.4 is 0 Å². The van der Waals surface area contributed by atoms with Gasteiger partial charge in [-0.15, -0.1) is 0 Å². The van der Waals surface area contributed by atoms with E-state index in [-0.39, 0.29) is 161 Å². The minimum atomic E-state index is 0. The Balaban J connectivity index is -0.0000000572. The van der Waals surface area contributed by atoms with Crippen LogP contribution in [-0.2, 0) is 131 Å². The van der Waals surface area contributed by atoms with E-state index in [2.05, 4.69) is 155 Å². The van der Waals surface area contributed by atoms with Crippen molar-refractivity contribution in [1.29, 1.82) is 0 Å². The third-order valence-corrected chi connectivity index (χ3v) is 8.54. The molecule has 0 N–H and O–H groups in total. The largest absolute Gasteiger partial charge is 0.358 e. The van der Waals surface area contributed by atoms with E-state index in [9.17, 15) is 0 Å². The van der Waals surface area contributed by atoms with Crippen LogP contribution in [0.5, 0.6) is 0 Å². The summed E-state index contributed by atoms with van der Waals surface area (Å²) >= 11 is 0. The molecule has 4 rings (SSSR count). The fraction of sp³-hybridized carbons (Fsp3) is 0.480. The van der Waals surface area contributed by atoms with E-state index in [4.69, 9.17) is 0 Å². The van der Waals surface area contributed by atoms with Gasteiger partial charge in [-0.1, -0.05) is 162 Å². The number of hydrogen-bond acceptors (Lipinski definition) is 2. The molecule has 0 amide bonds. The van der Waals surface area contributed by atoms with E-state index in [1.807, 2.05) is 56.8 Å². The van der Waals surface area contributed by atoms with Crippen LogP contribution in [-0.4, -0.2) is 9.97 Å². The van der Waals surface area contributed by atoms with E-state index in [0.717, 1.165) is 5.92 Å². The summed E-state index contributed by atoms with van der Waals surface area (Å²) in [4.78, 5) is 7.98. The molecule has 6 heteroatoms. The first kappa shape index (κ1) is 81.1. The first-order valence-corrected chi connectivity index (χ1v) is 18.8. The van der Waals surface area contributed by atoms with Gasteiger partial charge in [0, 0.05) is 156 Å². The zero-order valence-corrected chi connectivity index (χ0v) is 51.5. The van der Waals surface area contributed by atoms with Crippen LogP contribution in [0.3, 0.4) is 0 Å². The molecule has 0 fully saturated rings. The Morgan fingerprint density at radius 3 is 1.18 bits per heavy atom. The van der Waals surface area contributed by atoms with Crippen molar-refractivity contribution in [2.75, 3.05) is 0 Å². The molecule has 2 aromatic heterocycles. The summed E-state index contributed by atoms with van der Waals surface area (Å²) < 4.78 is 0. The van der Waals surface area contributed by atoms with Gasteiger partial charge in [0.2, 0.25) is 0 Å². The Hall–Kier alpha value is 1.16. The van der Waals surface area contributed by atoms with Crippen molar-refractivity contribution < 1.29 is 131 Å². The molecule has 0 saturated carbocycles. The molecular weight excluding hydrogens is 984 g/mol. The molecular formula is C50H86N2Y4-4. The zero-order chi connectivity index (χ0) is 36.9. The Labute approximate surface area is 454 Å². The third-order valence-electron chi connectivity index (χ3n) is 8.54. The Bertz CT molecular complexity index is 1250. The van der Waals surface area contributed by atoms with E-state index < -0.39 is 0 Å². The minimum absolute atomic E-state index is 0. The number of aromatic nitrogens is 2. The molecule has 56 heavy (non-hydrogen) atoms. The molecule has 312 valence electrons. The van der Waals surface area contributed by atoms with Gasteiger partial charge in [-0.05, 0) is 103 Å². The normalized spacial score (nSPS) is 10.0. The summed E-state index contributed by atoms with van der Waals surface area (Å²) in [5.41, 5.74) is 8.32. The van der Waals surface area contributed by atoms with Crippen LogP contribution in [0, 0.1) is 49.5 Å². The molecule has 2 aromatic carbocycles. The van der Waals surface area contributed by atoms with Gasteiger partial charge in [-0.25, -0.2) is 0 Å². The fourth-order valence-electron chi connectivity index (χ4n) is 3.99. The summed E-state index contributed by atoms with van der Waals surface area (Å²) in [6.45, 7) is 32.7. The second-order valence-electron chi connectivity index (χ2n) is 13.3. The molecule has 2 nitrogen and oxygen atoms in total. The van der Waals surface area contributed by atoms with E-state index >= 15 is 0 Å². The average molecular weight is 1070 g/mol. The van der Waals surface area contributed by atoms with Gasteiger partial charge >= 0.3 is 0 Å². The summed E-state index contributed by atoms with van der Waals surface area (Å²) in [6.07, 6.45) is 12.4. The zero-order valence-electron chi connectivity index (χ0n) is 40.2. The first-order chi connectivity index (χ1) is 22.9. The van der Waals surface area contributed by atoms with E-state index in [1.165, 1.54) is 59.1 Å². The second-order valence-corrected chi connectivity index (χ2v) is 13.3. The maximum absolute atomic E-state index is 4.05. The van der Waals surface area contributed by atoms with E-state index in [0.29, 0.717) is 23.7 Å². The minimum Gasteiger partial charge on any atom is -0.358 e. The monoisotopic (exact) mass is 1070 g/mol. The predicted molar refractivity (Wildman–Crippen MR) is 243 cm³/mol. The van der Waals surface area contributed by atoms with Gasteiger partial charge in [0.05, 0.1) is 0 Å². The molecule has 0 aliphatic heterocycles. The molecule has 0 aliphatic rings. The molecule has 2 heterocycles. The average Bonchev–Trinajstić information content (AvgIpc) is 3.13. The van der Waals surface area contributed by atoms with Crippen molar-refractivity contribution in [2.24, 2.45) is 5.92 Å². The van der Waals surface area contributed by atoms with Crippen molar-refractivity contribution in [2.45, 2.75) is 153 Å². The predicted octanol–water partition coefficient (Wildman–Crippen LogP) is 16.7. The number of benzene rings is 2. The maximum Gasteiger partial charge on any atom is 0.0302 e. The molecule has 0 aliphatic carbocycles. The second kappa shape index (κ2) is 54.2. The van der Waals surface area contributed by atoms with Gasteiger partial charge in [0.15, 0.2) is 0 Å². The molecule has 4 aromatic rings. The van der Waals surface area contributed by atoms with Crippen molar-refractivity contribution >= 4 is 0 Å². The van der Waals surface area contributed by atoms with Crippen molar-refractivity contribution in [3.63, 3.8) is 0 Å². The van der Waals surface area contributed by atoms with Gasteiger partial charge in [0.1, 0.15) is 0 Å². The molecule has 3 atom stereocenters. The maximum atomic E-state index is 4.05. The quantitative estimate of drug-likeness (QED) is 0.164. The molecule has 0 saturated heterocycles. The first-order valence-electron chi connectivity index (χ1n) is 18.8. The summed E-state index contributed by atoms with van der Waals surface area (Å²) in [5.74, 6) is 3.56. The standard InChI is InChI=1S/2C11H16.C9H13N.C8H11N.C5H12.C2H6.4CH3.4Y/c1-4-10(3)11-7-5-9(2)6-8-11;1-4-10(3)11-7-5-6-9(2)8-11;1-3-8(2)9-5-4-6-10-7-9;1-7(2)8-3-5-9-6-4-8;1-4-5(2)3;1-2;;;;;;;;/h2*5-8,10H,4H2,1-3H3;4-8H,3H2,1-2H3;3-7H,1-2H3;5H,4H2,1-3H3;1-2H3;4*1H3;;;;/q;;;;;;4*-1;;;;. The molecule has 0 bridgehead atoms. The van der Waals surface area contributed by atoms with Crippen LogP contribution >= 0.6 is 0 Å². The van der Waals surface area contributed by atoms with Crippen LogP contribution in [0.1, 0.15) is 173 Å². The summed E-state index contributed by atoms with van der Waals surface area (Å²) in [7, 11) is 0. The molecule has 3 unspecified atom stereocenters. The van der Waals surface area contributed by atoms with Crippen LogP contribution in [0.25, 0.3) is 0 Å². The van der Waals surface area contributed by atoms with Crippen LogP contribution in [0.15, 0.2) is 97.6 Å². The number of hydrogen-bond donors (Lipinski definition) is 0. The number of nitrogens with zero attached hydrogens (tertiary/aromatic N) is 2. The SMILES string of the molecule is CC.CC(C)c1ccncc1.CCC(C)C.CCC(C)c1ccc(C)cc1.CCC(C)c1cccc(C)c1.CCC(C)c1cccnc1.[CH3-].[CH3-].[CH3-].[CH3-].[Y].[Y].[Y].[Y]. The fourth-order valence-corrected chi connectivity index (χ4v) is 3.99. The van der Waals surface area contributed by atoms with Crippen molar-refractivity contribution in [3.05, 3.63) is 161 Å². The van der Waals surface area contributed by atoms with Gasteiger partial charge in [-0.2, -0.15) is 0 Å². The smallest absolute Gasteiger partial charge is 0.0302 e.